The van der Waals surface area contributed by atoms with Crippen molar-refractivity contribution in [2.24, 2.45) is 0 Å². The van der Waals surface area contributed by atoms with Gasteiger partial charge in [0, 0.05) is 6.42 Å². The number of carbonyl (C=O) groups excluding carboxylic acids is 1. The molecule has 19 heavy (non-hydrogen) atoms. The Balaban J connectivity index is 2.09. The summed E-state index contributed by atoms with van der Waals surface area (Å²) in [4.78, 5) is 11.5. The van der Waals surface area contributed by atoms with Gasteiger partial charge in [0.1, 0.15) is 0 Å². The molecule has 4 heteroatoms. The van der Waals surface area contributed by atoms with Crippen LogP contribution in [0.15, 0.2) is 41.9 Å². The van der Waals surface area contributed by atoms with E-state index in [-0.39, 0.29) is 5.76 Å². The maximum Gasteiger partial charge on any atom is 0.379 e. The molecule has 2 rings (SSSR count). The third-order valence-corrected chi connectivity index (χ3v) is 2.66. The number of cyclic esters (lactones) is 1. The van der Waals surface area contributed by atoms with Crippen molar-refractivity contribution < 1.29 is 19.0 Å². The Morgan fingerprint density at radius 2 is 1.95 bits per heavy atom. The third-order valence-electron chi connectivity index (χ3n) is 2.66. The van der Waals surface area contributed by atoms with E-state index in [1.54, 1.807) is 0 Å². The molecule has 0 saturated carbocycles. The van der Waals surface area contributed by atoms with Crippen molar-refractivity contribution in [3.63, 3.8) is 0 Å². The van der Waals surface area contributed by atoms with Crippen LogP contribution in [-0.4, -0.2) is 26.3 Å². The number of hydrogen-bond donors (Lipinski definition) is 0. The Labute approximate surface area is 112 Å². The molecule has 1 atom stereocenters. The van der Waals surface area contributed by atoms with Crippen LogP contribution in [0.5, 0.6) is 0 Å². The minimum atomic E-state index is -0.684. The lowest BCUT2D eigenvalue weighted by Crippen LogP contribution is -2.10. The molecule has 1 unspecified atom stereocenters. The van der Waals surface area contributed by atoms with E-state index in [0.29, 0.717) is 12.2 Å². The normalized spacial score (nSPS) is 17.6. The Hall–Kier alpha value is -2.41. The van der Waals surface area contributed by atoms with Gasteiger partial charge in [0.2, 0.25) is 11.9 Å². The first-order chi connectivity index (χ1) is 9.26. The van der Waals surface area contributed by atoms with Crippen molar-refractivity contribution in [3.05, 3.63) is 47.4 Å². The average Bonchev–Trinajstić information content (AvgIpc) is 2.75. The molecule has 0 fully saturated rings. The second-order valence-electron chi connectivity index (χ2n) is 3.87. The molecule has 0 amide bonds. The summed E-state index contributed by atoms with van der Waals surface area (Å²) in [6.07, 6.45) is -0.0926. The van der Waals surface area contributed by atoms with Crippen LogP contribution in [0.25, 0.3) is 0 Å². The molecule has 1 heterocycles. The zero-order chi connectivity index (χ0) is 13.7. The van der Waals surface area contributed by atoms with Crippen molar-refractivity contribution in [1.82, 2.24) is 0 Å². The SMILES string of the molecule is COC1=C(OC)C(C#CCc2ccccc2)OC1=O. The first kappa shape index (κ1) is 13.0. The van der Waals surface area contributed by atoms with Gasteiger partial charge in [-0.15, -0.1) is 0 Å². The molecular weight excluding hydrogens is 244 g/mol. The molecular formula is C15H14O4. The summed E-state index contributed by atoms with van der Waals surface area (Å²) in [6, 6.07) is 9.84. The van der Waals surface area contributed by atoms with Gasteiger partial charge in [0.15, 0.2) is 5.76 Å². The number of carbonyl (C=O) groups is 1. The lowest BCUT2D eigenvalue weighted by Gasteiger charge is -2.04. The molecule has 98 valence electrons. The first-order valence-electron chi connectivity index (χ1n) is 5.81. The van der Waals surface area contributed by atoms with E-state index in [1.165, 1.54) is 14.2 Å². The number of hydrogen-bond acceptors (Lipinski definition) is 4. The predicted molar refractivity (Wildman–Crippen MR) is 68.8 cm³/mol. The summed E-state index contributed by atoms with van der Waals surface area (Å²) in [5.41, 5.74) is 1.11. The number of methoxy groups -OCH3 is 2. The van der Waals surface area contributed by atoms with E-state index in [9.17, 15) is 4.79 Å². The minimum Gasteiger partial charge on any atom is -0.492 e. The molecule has 0 aliphatic carbocycles. The molecule has 0 spiro atoms. The maximum atomic E-state index is 11.5. The van der Waals surface area contributed by atoms with Crippen LogP contribution in [0.4, 0.5) is 0 Å². The van der Waals surface area contributed by atoms with Crippen LogP contribution >= 0.6 is 0 Å². The highest BCUT2D eigenvalue weighted by Crippen LogP contribution is 2.23. The van der Waals surface area contributed by atoms with Crippen molar-refractivity contribution in [1.29, 1.82) is 0 Å². The van der Waals surface area contributed by atoms with Crippen molar-refractivity contribution in [2.45, 2.75) is 12.5 Å². The van der Waals surface area contributed by atoms with Gasteiger partial charge < -0.3 is 14.2 Å². The summed E-state index contributed by atoms with van der Waals surface area (Å²) in [7, 11) is 2.86. The van der Waals surface area contributed by atoms with Gasteiger partial charge in [0.25, 0.3) is 0 Å². The molecule has 0 saturated heterocycles. The van der Waals surface area contributed by atoms with Gasteiger partial charge in [0.05, 0.1) is 14.2 Å². The highest BCUT2D eigenvalue weighted by Gasteiger charge is 2.35. The highest BCUT2D eigenvalue weighted by atomic mass is 16.6. The molecule has 1 aliphatic heterocycles. The minimum absolute atomic E-state index is 0.0847. The number of rotatable bonds is 3. The molecule has 0 radical (unpaired) electrons. The van der Waals surface area contributed by atoms with Crippen molar-refractivity contribution in [3.8, 4) is 11.8 Å². The zero-order valence-corrected chi connectivity index (χ0v) is 10.8. The summed E-state index contributed by atoms with van der Waals surface area (Å²) in [5, 5.41) is 0. The predicted octanol–water partition coefficient (Wildman–Crippen LogP) is 1.66. The summed E-state index contributed by atoms with van der Waals surface area (Å²) in [6.45, 7) is 0. The Morgan fingerprint density at radius 1 is 1.21 bits per heavy atom. The number of ether oxygens (including phenoxy) is 3. The van der Waals surface area contributed by atoms with Gasteiger partial charge >= 0.3 is 5.97 Å². The van der Waals surface area contributed by atoms with Crippen LogP contribution < -0.4 is 0 Å². The van der Waals surface area contributed by atoms with Gasteiger partial charge in [-0.3, -0.25) is 0 Å². The molecule has 1 aromatic rings. The molecule has 0 bridgehead atoms. The largest absolute Gasteiger partial charge is 0.492 e. The molecule has 0 aromatic heterocycles. The van der Waals surface area contributed by atoms with Gasteiger partial charge in [-0.1, -0.05) is 36.3 Å². The monoisotopic (exact) mass is 258 g/mol. The number of benzene rings is 1. The van der Waals surface area contributed by atoms with E-state index in [0.717, 1.165) is 5.56 Å². The van der Waals surface area contributed by atoms with Gasteiger partial charge in [-0.05, 0) is 11.5 Å². The third kappa shape index (κ3) is 2.89. The molecule has 1 aliphatic rings. The molecule has 0 N–H and O–H groups in total. The Kier molecular flexibility index (Phi) is 4.09. The van der Waals surface area contributed by atoms with E-state index in [1.807, 2.05) is 30.3 Å². The Morgan fingerprint density at radius 3 is 2.58 bits per heavy atom. The van der Waals surface area contributed by atoms with Gasteiger partial charge in [-0.25, -0.2) is 4.79 Å². The van der Waals surface area contributed by atoms with E-state index in [4.69, 9.17) is 14.2 Å². The molecule has 1 aromatic carbocycles. The fourth-order valence-corrected chi connectivity index (χ4v) is 1.75. The maximum absolute atomic E-state index is 11.5. The van der Waals surface area contributed by atoms with Gasteiger partial charge in [-0.2, -0.15) is 0 Å². The van der Waals surface area contributed by atoms with Crippen LogP contribution in [0.3, 0.4) is 0 Å². The fourth-order valence-electron chi connectivity index (χ4n) is 1.75. The highest BCUT2D eigenvalue weighted by molar-refractivity contribution is 5.90. The second-order valence-corrected chi connectivity index (χ2v) is 3.87. The van der Waals surface area contributed by atoms with Crippen LogP contribution in [0, 0.1) is 11.8 Å². The quantitative estimate of drug-likeness (QED) is 0.611. The summed E-state index contributed by atoms with van der Waals surface area (Å²) < 4.78 is 15.1. The zero-order valence-electron chi connectivity index (χ0n) is 10.8. The summed E-state index contributed by atoms with van der Waals surface area (Å²) in [5.74, 6) is 5.71. The van der Waals surface area contributed by atoms with E-state index < -0.39 is 12.1 Å². The fraction of sp³-hybridized carbons (Fsp3) is 0.267. The lowest BCUT2D eigenvalue weighted by atomic mass is 10.1. The number of esters is 1. The molecule has 4 nitrogen and oxygen atoms in total. The van der Waals surface area contributed by atoms with E-state index in [2.05, 4.69) is 11.8 Å². The second kappa shape index (κ2) is 5.96. The van der Waals surface area contributed by atoms with Crippen molar-refractivity contribution in [2.75, 3.05) is 14.2 Å². The van der Waals surface area contributed by atoms with Crippen LogP contribution in [0.1, 0.15) is 5.56 Å². The van der Waals surface area contributed by atoms with E-state index >= 15 is 0 Å². The van der Waals surface area contributed by atoms with Crippen LogP contribution in [0.2, 0.25) is 0 Å². The summed E-state index contributed by atoms with van der Waals surface area (Å²) >= 11 is 0. The van der Waals surface area contributed by atoms with Crippen LogP contribution in [-0.2, 0) is 25.4 Å². The lowest BCUT2D eigenvalue weighted by molar-refractivity contribution is -0.140. The first-order valence-corrected chi connectivity index (χ1v) is 5.81. The average molecular weight is 258 g/mol. The topological polar surface area (TPSA) is 44.8 Å². The van der Waals surface area contributed by atoms with Crippen molar-refractivity contribution >= 4 is 5.97 Å². The standard InChI is InChI=1S/C15H14O4/c1-17-13-12(19-15(16)14(13)18-2)10-6-9-11-7-4-3-5-8-11/h3-5,7-8,12H,9H2,1-2H3. The smallest absolute Gasteiger partial charge is 0.379 e. The Bertz CT molecular complexity index is 549.